The number of benzene rings is 9. The summed E-state index contributed by atoms with van der Waals surface area (Å²) < 4.78 is 0. The van der Waals surface area contributed by atoms with E-state index >= 15 is 0 Å². The minimum atomic E-state index is 1.24. The Kier molecular flexibility index (Phi) is 7.14. The number of rotatable bonds is 4. The average molecular weight is 639 g/mol. The Balaban J connectivity index is 1.49. The molecule has 0 aliphatic carbocycles. The van der Waals surface area contributed by atoms with Crippen LogP contribution in [0.15, 0.2) is 158 Å². The van der Waals surface area contributed by atoms with Gasteiger partial charge in [-0.05, 0) is 140 Å². The van der Waals surface area contributed by atoms with Gasteiger partial charge in [0.1, 0.15) is 0 Å². The van der Waals surface area contributed by atoms with Gasteiger partial charge in [0, 0.05) is 0 Å². The monoisotopic (exact) mass is 638 g/mol. The standard InChI is InChI=1S/C50H38/c1-31-21-32(2)24-41(23-31)45-29-47-48(30-46(45)42-25-33(3)22-34(4)26-42)50(40-20-18-36-12-6-8-14-38(36)28-40)44-16-10-9-15-43(44)49(47)39-19-17-35-11-5-7-13-37(35)27-39/h5-30H,1-4H3. The van der Waals surface area contributed by atoms with Gasteiger partial charge in [-0.15, -0.1) is 0 Å². The topological polar surface area (TPSA) is 0 Å². The van der Waals surface area contributed by atoms with Crippen molar-refractivity contribution in [1.82, 2.24) is 0 Å². The first-order valence-electron chi connectivity index (χ1n) is 17.6. The highest BCUT2D eigenvalue weighted by molar-refractivity contribution is 6.23. The molecule has 0 aliphatic rings. The summed E-state index contributed by atoms with van der Waals surface area (Å²) in [6.07, 6.45) is 0. The summed E-state index contributed by atoms with van der Waals surface area (Å²) in [5.41, 5.74) is 15.2. The van der Waals surface area contributed by atoms with Gasteiger partial charge in [0.2, 0.25) is 0 Å². The van der Waals surface area contributed by atoms with E-state index in [1.165, 1.54) is 110 Å². The third-order valence-corrected chi connectivity index (χ3v) is 10.3. The molecule has 9 aromatic rings. The van der Waals surface area contributed by atoms with Crippen LogP contribution in [0.25, 0.3) is 87.6 Å². The van der Waals surface area contributed by atoms with Crippen molar-refractivity contribution in [2.75, 3.05) is 0 Å². The predicted octanol–water partition coefficient (Wildman–Crippen LogP) is 14.2. The van der Waals surface area contributed by atoms with E-state index in [0.29, 0.717) is 0 Å². The smallest absolute Gasteiger partial charge is 0.00259 e. The molecule has 0 radical (unpaired) electrons. The van der Waals surface area contributed by atoms with Gasteiger partial charge < -0.3 is 0 Å². The normalized spacial score (nSPS) is 11.6. The molecule has 0 atom stereocenters. The molecular weight excluding hydrogens is 601 g/mol. The maximum absolute atomic E-state index is 2.50. The second-order valence-corrected chi connectivity index (χ2v) is 14.1. The van der Waals surface area contributed by atoms with Crippen LogP contribution in [0.3, 0.4) is 0 Å². The highest BCUT2D eigenvalue weighted by atomic mass is 14.2. The van der Waals surface area contributed by atoms with Crippen molar-refractivity contribution in [1.29, 1.82) is 0 Å². The van der Waals surface area contributed by atoms with Crippen molar-refractivity contribution < 1.29 is 0 Å². The van der Waals surface area contributed by atoms with E-state index < -0.39 is 0 Å². The lowest BCUT2D eigenvalue weighted by Gasteiger charge is -2.22. The zero-order valence-electron chi connectivity index (χ0n) is 29.0. The van der Waals surface area contributed by atoms with Crippen LogP contribution in [0.1, 0.15) is 22.3 Å². The van der Waals surface area contributed by atoms with Crippen LogP contribution in [0.2, 0.25) is 0 Å². The molecule has 0 fully saturated rings. The Hall–Kier alpha value is -5.98. The second kappa shape index (κ2) is 11.9. The van der Waals surface area contributed by atoms with Crippen molar-refractivity contribution in [3.63, 3.8) is 0 Å². The maximum Gasteiger partial charge on any atom is -0.00259 e. The van der Waals surface area contributed by atoms with Crippen molar-refractivity contribution in [2.45, 2.75) is 27.7 Å². The number of aryl methyl sites for hydroxylation is 4. The van der Waals surface area contributed by atoms with Crippen molar-refractivity contribution in [3.05, 3.63) is 180 Å². The van der Waals surface area contributed by atoms with Gasteiger partial charge in [0.25, 0.3) is 0 Å². The lowest BCUT2D eigenvalue weighted by atomic mass is 9.81. The highest BCUT2D eigenvalue weighted by Gasteiger charge is 2.21. The minimum Gasteiger partial charge on any atom is -0.0616 e. The highest BCUT2D eigenvalue weighted by Crippen LogP contribution is 2.48. The largest absolute Gasteiger partial charge is 0.0616 e. The van der Waals surface area contributed by atoms with Gasteiger partial charge in [-0.1, -0.05) is 156 Å². The fraction of sp³-hybridized carbons (Fsp3) is 0.0800. The summed E-state index contributed by atoms with van der Waals surface area (Å²) in [7, 11) is 0. The zero-order valence-corrected chi connectivity index (χ0v) is 29.0. The minimum absolute atomic E-state index is 1.24. The molecule has 0 heterocycles. The first-order valence-corrected chi connectivity index (χ1v) is 17.6. The average Bonchev–Trinajstić information content (AvgIpc) is 3.12. The van der Waals surface area contributed by atoms with Gasteiger partial charge in [-0.3, -0.25) is 0 Å². The third kappa shape index (κ3) is 5.16. The molecule has 0 amide bonds. The maximum atomic E-state index is 2.50. The molecule has 9 aromatic carbocycles. The summed E-state index contributed by atoms with van der Waals surface area (Å²) in [6, 6.07) is 59.3. The molecule has 9 rings (SSSR count). The van der Waals surface area contributed by atoms with E-state index in [4.69, 9.17) is 0 Å². The van der Waals surface area contributed by atoms with Gasteiger partial charge in [-0.25, -0.2) is 0 Å². The Morgan fingerprint density at radius 1 is 0.260 bits per heavy atom. The van der Waals surface area contributed by atoms with Crippen LogP contribution in [-0.2, 0) is 0 Å². The van der Waals surface area contributed by atoms with Gasteiger partial charge in [0.05, 0.1) is 0 Å². The van der Waals surface area contributed by atoms with Crippen LogP contribution >= 0.6 is 0 Å². The first kappa shape index (κ1) is 30.1. The van der Waals surface area contributed by atoms with E-state index in [2.05, 4.69) is 185 Å². The first-order chi connectivity index (χ1) is 24.4. The number of hydrogen-bond donors (Lipinski definition) is 0. The summed E-state index contributed by atoms with van der Waals surface area (Å²) in [5.74, 6) is 0. The molecule has 0 spiro atoms. The summed E-state index contributed by atoms with van der Waals surface area (Å²) in [6.45, 7) is 8.83. The van der Waals surface area contributed by atoms with E-state index in [1.807, 2.05) is 0 Å². The van der Waals surface area contributed by atoms with Crippen LogP contribution in [0.5, 0.6) is 0 Å². The quantitative estimate of drug-likeness (QED) is 0.168. The zero-order chi connectivity index (χ0) is 33.9. The molecule has 0 nitrogen and oxygen atoms in total. The van der Waals surface area contributed by atoms with Gasteiger partial charge >= 0.3 is 0 Å². The fourth-order valence-electron chi connectivity index (χ4n) is 8.27. The van der Waals surface area contributed by atoms with Gasteiger partial charge in [-0.2, -0.15) is 0 Å². The molecule has 238 valence electrons. The molecule has 0 saturated heterocycles. The molecule has 0 bridgehead atoms. The van der Waals surface area contributed by atoms with E-state index in [0.717, 1.165) is 0 Å². The summed E-state index contributed by atoms with van der Waals surface area (Å²) >= 11 is 0. The summed E-state index contributed by atoms with van der Waals surface area (Å²) in [5, 5.41) is 10.1. The molecule has 0 aromatic heterocycles. The lowest BCUT2D eigenvalue weighted by Crippen LogP contribution is -1.95. The Bertz CT molecular complexity index is 2560. The lowest BCUT2D eigenvalue weighted by molar-refractivity contribution is 1.37. The Morgan fingerprint density at radius 2 is 0.620 bits per heavy atom. The van der Waals surface area contributed by atoms with Crippen LogP contribution in [0, 0.1) is 27.7 Å². The second-order valence-electron chi connectivity index (χ2n) is 14.1. The number of fused-ring (bicyclic) bond motifs is 4. The van der Waals surface area contributed by atoms with Crippen LogP contribution in [0.4, 0.5) is 0 Å². The van der Waals surface area contributed by atoms with Crippen molar-refractivity contribution in [3.8, 4) is 44.5 Å². The summed E-state index contributed by atoms with van der Waals surface area (Å²) in [4.78, 5) is 0. The Labute approximate surface area is 294 Å². The predicted molar refractivity (Wildman–Crippen MR) is 217 cm³/mol. The Morgan fingerprint density at radius 3 is 1.02 bits per heavy atom. The van der Waals surface area contributed by atoms with E-state index in [9.17, 15) is 0 Å². The van der Waals surface area contributed by atoms with E-state index in [1.54, 1.807) is 0 Å². The van der Waals surface area contributed by atoms with Crippen molar-refractivity contribution in [2.24, 2.45) is 0 Å². The molecule has 0 heteroatoms. The molecule has 0 saturated carbocycles. The molecule has 0 unspecified atom stereocenters. The fourth-order valence-corrected chi connectivity index (χ4v) is 8.27. The van der Waals surface area contributed by atoms with Crippen LogP contribution in [-0.4, -0.2) is 0 Å². The SMILES string of the molecule is Cc1cc(C)cc(-c2cc3c(-c4ccc5ccccc5c4)c4ccccc4c(-c4ccc5ccccc5c4)c3cc2-c2cc(C)cc(C)c2)c1. The molecule has 50 heavy (non-hydrogen) atoms. The van der Waals surface area contributed by atoms with Gasteiger partial charge in [0.15, 0.2) is 0 Å². The van der Waals surface area contributed by atoms with Crippen LogP contribution < -0.4 is 0 Å². The molecular formula is C50H38. The van der Waals surface area contributed by atoms with Crippen molar-refractivity contribution >= 4 is 43.1 Å². The van der Waals surface area contributed by atoms with E-state index in [-0.39, 0.29) is 0 Å². The number of hydrogen-bond acceptors (Lipinski definition) is 0. The molecule has 0 N–H and O–H groups in total. The molecule has 0 aliphatic heterocycles. The third-order valence-electron chi connectivity index (χ3n) is 10.3.